The van der Waals surface area contributed by atoms with E-state index in [1.165, 1.54) is 11.0 Å². The van der Waals surface area contributed by atoms with Gasteiger partial charge in [0.1, 0.15) is 12.4 Å². The standard InChI is InChI=1S/C12H10N4O/c13-8-12-14-9-16(15-12)7-6-11(17)10-4-2-1-3-5-10/h1-5,9H,6-7H2. The predicted molar refractivity (Wildman–Crippen MR) is 60.1 cm³/mol. The Morgan fingerprint density at radius 3 is 2.76 bits per heavy atom. The lowest BCUT2D eigenvalue weighted by molar-refractivity contribution is 0.0975. The third kappa shape index (κ3) is 2.75. The highest BCUT2D eigenvalue weighted by Crippen LogP contribution is 2.03. The maximum Gasteiger partial charge on any atom is 0.252 e. The van der Waals surface area contributed by atoms with Crippen LogP contribution in [0.1, 0.15) is 22.6 Å². The lowest BCUT2D eigenvalue weighted by atomic mass is 10.1. The maximum atomic E-state index is 11.8. The number of nitrogens with zero attached hydrogens (tertiary/aromatic N) is 4. The number of Topliss-reactive ketones (excluding diaryl/α,β-unsaturated/α-hetero) is 1. The van der Waals surface area contributed by atoms with E-state index in [2.05, 4.69) is 10.1 Å². The number of nitriles is 1. The zero-order valence-corrected chi connectivity index (χ0v) is 9.08. The van der Waals surface area contributed by atoms with Crippen LogP contribution in [0.3, 0.4) is 0 Å². The highest BCUT2D eigenvalue weighted by atomic mass is 16.1. The molecule has 0 saturated carbocycles. The lowest BCUT2D eigenvalue weighted by Crippen LogP contribution is -2.06. The number of benzene rings is 1. The van der Waals surface area contributed by atoms with Crippen molar-refractivity contribution in [3.05, 3.63) is 48.0 Å². The third-order valence-electron chi connectivity index (χ3n) is 2.30. The number of hydrogen-bond acceptors (Lipinski definition) is 4. The summed E-state index contributed by atoms with van der Waals surface area (Å²) in [5, 5.41) is 12.4. The van der Waals surface area contributed by atoms with Crippen molar-refractivity contribution in [3.63, 3.8) is 0 Å². The molecule has 5 heteroatoms. The minimum absolute atomic E-state index is 0.0552. The molecule has 0 radical (unpaired) electrons. The van der Waals surface area contributed by atoms with Crippen molar-refractivity contribution in [2.24, 2.45) is 0 Å². The Balaban J connectivity index is 1.95. The molecule has 0 spiro atoms. The number of aryl methyl sites for hydroxylation is 1. The van der Waals surface area contributed by atoms with Crippen molar-refractivity contribution in [2.75, 3.05) is 0 Å². The second-order valence-corrected chi connectivity index (χ2v) is 3.48. The molecule has 2 aromatic rings. The van der Waals surface area contributed by atoms with E-state index in [-0.39, 0.29) is 11.6 Å². The molecule has 0 aliphatic heterocycles. The molecule has 0 aliphatic carbocycles. The van der Waals surface area contributed by atoms with Crippen LogP contribution >= 0.6 is 0 Å². The number of rotatable bonds is 4. The van der Waals surface area contributed by atoms with E-state index in [9.17, 15) is 4.79 Å². The van der Waals surface area contributed by atoms with Crippen molar-refractivity contribution in [1.82, 2.24) is 14.8 Å². The number of hydrogen-bond donors (Lipinski definition) is 0. The smallest absolute Gasteiger partial charge is 0.252 e. The molecule has 0 fully saturated rings. The van der Waals surface area contributed by atoms with Crippen LogP contribution in [0.15, 0.2) is 36.7 Å². The molecule has 2 rings (SSSR count). The van der Waals surface area contributed by atoms with Crippen molar-refractivity contribution in [3.8, 4) is 6.07 Å². The highest BCUT2D eigenvalue weighted by Gasteiger charge is 2.06. The van der Waals surface area contributed by atoms with Crippen LogP contribution in [-0.2, 0) is 6.54 Å². The molecule has 1 heterocycles. The van der Waals surface area contributed by atoms with E-state index in [4.69, 9.17) is 5.26 Å². The average molecular weight is 226 g/mol. The fourth-order valence-corrected chi connectivity index (χ4v) is 1.44. The first-order valence-corrected chi connectivity index (χ1v) is 5.17. The van der Waals surface area contributed by atoms with Gasteiger partial charge in [-0.25, -0.2) is 4.98 Å². The van der Waals surface area contributed by atoms with Gasteiger partial charge in [0.05, 0.1) is 6.54 Å². The molecular weight excluding hydrogens is 216 g/mol. The summed E-state index contributed by atoms with van der Waals surface area (Å²) in [6.45, 7) is 0.433. The molecule has 0 unspecified atom stereocenters. The van der Waals surface area contributed by atoms with Gasteiger partial charge in [0, 0.05) is 12.0 Å². The van der Waals surface area contributed by atoms with Crippen LogP contribution < -0.4 is 0 Å². The molecule has 0 N–H and O–H groups in total. The van der Waals surface area contributed by atoms with Gasteiger partial charge in [-0.3, -0.25) is 9.48 Å². The highest BCUT2D eigenvalue weighted by molar-refractivity contribution is 5.95. The fraction of sp³-hybridized carbons (Fsp3) is 0.167. The van der Waals surface area contributed by atoms with Gasteiger partial charge in [-0.2, -0.15) is 5.26 Å². The number of aromatic nitrogens is 3. The normalized spacial score (nSPS) is 9.82. The molecule has 5 nitrogen and oxygen atoms in total. The quantitative estimate of drug-likeness (QED) is 0.739. The number of carbonyl (C=O) groups excluding carboxylic acids is 1. The summed E-state index contributed by atoms with van der Waals surface area (Å²) in [6, 6.07) is 10.9. The van der Waals surface area contributed by atoms with Gasteiger partial charge >= 0.3 is 0 Å². The minimum Gasteiger partial charge on any atom is -0.294 e. The summed E-state index contributed by atoms with van der Waals surface area (Å²) in [5.41, 5.74) is 0.688. The first kappa shape index (κ1) is 11.0. The summed E-state index contributed by atoms with van der Waals surface area (Å²) in [4.78, 5) is 15.5. The van der Waals surface area contributed by atoms with Crippen LogP contribution in [0.25, 0.3) is 0 Å². The molecule has 17 heavy (non-hydrogen) atoms. The average Bonchev–Trinajstić information content (AvgIpc) is 2.85. The molecule has 0 saturated heterocycles. The van der Waals surface area contributed by atoms with Gasteiger partial charge in [-0.15, -0.1) is 5.10 Å². The molecule has 84 valence electrons. The first-order valence-electron chi connectivity index (χ1n) is 5.17. The van der Waals surface area contributed by atoms with Crippen LogP contribution in [-0.4, -0.2) is 20.5 Å². The Morgan fingerprint density at radius 1 is 1.35 bits per heavy atom. The monoisotopic (exact) mass is 226 g/mol. The Bertz CT molecular complexity index is 553. The third-order valence-corrected chi connectivity index (χ3v) is 2.30. The molecular formula is C12H10N4O. The van der Waals surface area contributed by atoms with Gasteiger partial charge in [0.25, 0.3) is 5.82 Å². The van der Waals surface area contributed by atoms with E-state index in [0.29, 0.717) is 18.5 Å². The van der Waals surface area contributed by atoms with Crippen LogP contribution in [0.2, 0.25) is 0 Å². The molecule has 1 aromatic carbocycles. The fourth-order valence-electron chi connectivity index (χ4n) is 1.44. The van der Waals surface area contributed by atoms with Gasteiger partial charge in [-0.1, -0.05) is 30.3 Å². The van der Waals surface area contributed by atoms with Gasteiger partial charge in [-0.05, 0) is 0 Å². The first-order chi connectivity index (χ1) is 8.29. The Labute approximate surface area is 98.3 Å². The Kier molecular flexibility index (Phi) is 3.26. The second-order valence-electron chi connectivity index (χ2n) is 3.48. The SMILES string of the molecule is N#Cc1ncn(CCC(=O)c2ccccc2)n1. The van der Waals surface area contributed by atoms with E-state index < -0.39 is 0 Å². The number of carbonyl (C=O) groups is 1. The van der Waals surface area contributed by atoms with E-state index >= 15 is 0 Å². The molecule has 0 aliphatic rings. The van der Waals surface area contributed by atoms with Crippen molar-refractivity contribution >= 4 is 5.78 Å². The Hall–Kier alpha value is -2.48. The summed E-state index contributed by atoms with van der Waals surface area (Å²) in [6.07, 6.45) is 1.80. The van der Waals surface area contributed by atoms with Crippen molar-refractivity contribution in [2.45, 2.75) is 13.0 Å². The van der Waals surface area contributed by atoms with E-state index in [0.717, 1.165) is 0 Å². The van der Waals surface area contributed by atoms with Crippen LogP contribution in [0, 0.1) is 11.3 Å². The largest absolute Gasteiger partial charge is 0.294 e. The molecule has 0 atom stereocenters. The summed E-state index contributed by atoms with van der Waals surface area (Å²) in [7, 11) is 0. The zero-order chi connectivity index (χ0) is 12.1. The van der Waals surface area contributed by atoms with E-state index in [1.807, 2.05) is 24.3 Å². The molecule has 1 aromatic heterocycles. The van der Waals surface area contributed by atoms with E-state index in [1.54, 1.807) is 12.1 Å². The van der Waals surface area contributed by atoms with Crippen LogP contribution in [0.4, 0.5) is 0 Å². The summed E-state index contributed by atoms with van der Waals surface area (Å²) >= 11 is 0. The van der Waals surface area contributed by atoms with Crippen molar-refractivity contribution < 1.29 is 4.79 Å². The van der Waals surface area contributed by atoms with Gasteiger partial charge < -0.3 is 0 Å². The Morgan fingerprint density at radius 2 is 2.12 bits per heavy atom. The lowest BCUT2D eigenvalue weighted by Gasteiger charge is -2.00. The van der Waals surface area contributed by atoms with Crippen molar-refractivity contribution in [1.29, 1.82) is 5.26 Å². The predicted octanol–water partition coefficient (Wildman–Crippen LogP) is 1.42. The number of ketones is 1. The molecule has 0 bridgehead atoms. The molecule has 0 amide bonds. The second kappa shape index (κ2) is 5.03. The summed E-state index contributed by atoms with van der Waals surface area (Å²) < 4.78 is 1.50. The zero-order valence-electron chi connectivity index (χ0n) is 9.08. The van der Waals surface area contributed by atoms with Gasteiger partial charge in [0.2, 0.25) is 0 Å². The summed E-state index contributed by atoms with van der Waals surface area (Å²) in [5.74, 6) is 0.178. The van der Waals surface area contributed by atoms with Gasteiger partial charge in [0.15, 0.2) is 5.78 Å². The maximum absolute atomic E-state index is 11.8. The van der Waals surface area contributed by atoms with Crippen LogP contribution in [0.5, 0.6) is 0 Å². The topological polar surface area (TPSA) is 71.6 Å². The minimum atomic E-state index is 0.0552.